The third-order valence-corrected chi connectivity index (χ3v) is 6.07. The fourth-order valence-corrected chi connectivity index (χ4v) is 4.59. The molecule has 0 radical (unpaired) electrons. The van der Waals surface area contributed by atoms with Crippen LogP contribution in [0.4, 0.5) is 0 Å². The van der Waals surface area contributed by atoms with Gasteiger partial charge < -0.3 is 24.5 Å². The van der Waals surface area contributed by atoms with Crippen LogP contribution in [0, 0.1) is 17.2 Å². The molecule has 2 N–H and O–H groups in total. The Kier molecular flexibility index (Phi) is 4.36. The highest BCUT2D eigenvalue weighted by Crippen LogP contribution is 2.44. The molecule has 0 aliphatic carbocycles. The van der Waals surface area contributed by atoms with Crippen molar-refractivity contribution in [2.75, 3.05) is 6.79 Å². The highest BCUT2D eigenvalue weighted by Gasteiger charge is 2.37. The first-order valence-electron chi connectivity index (χ1n) is 10.1. The maximum absolute atomic E-state index is 13.4. The van der Waals surface area contributed by atoms with Gasteiger partial charge in [-0.25, -0.2) is 0 Å². The lowest BCUT2D eigenvalue weighted by molar-refractivity contribution is 0.174. The van der Waals surface area contributed by atoms with Gasteiger partial charge in [0.15, 0.2) is 11.5 Å². The summed E-state index contributed by atoms with van der Waals surface area (Å²) in [6, 6.07) is 15.5. The molecule has 156 valence electrons. The standard InChI is InChI=1S/C24H21N3O4/c1-13(9-14-7-8-18-19(10-14)30-12-29-18)20-16(11-25)23(26)31-22-15-5-3-4-6-17(15)27(2)24(28)21(20)22/h3-8,10,13,20H,9,12,26H2,1-2H3. The number of rotatable bonds is 3. The largest absolute Gasteiger partial charge is 0.454 e. The third-order valence-electron chi connectivity index (χ3n) is 6.07. The number of pyridine rings is 1. The van der Waals surface area contributed by atoms with E-state index < -0.39 is 5.92 Å². The molecule has 2 unspecified atom stereocenters. The van der Waals surface area contributed by atoms with Crippen LogP contribution < -0.4 is 25.5 Å². The Morgan fingerprint density at radius 3 is 2.81 bits per heavy atom. The predicted octanol–water partition coefficient (Wildman–Crippen LogP) is 3.32. The summed E-state index contributed by atoms with van der Waals surface area (Å²) in [6.45, 7) is 2.23. The molecule has 2 aliphatic heterocycles. The molecule has 0 amide bonds. The van der Waals surface area contributed by atoms with Gasteiger partial charge in [0.1, 0.15) is 11.8 Å². The Morgan fingerprint density at radius 2 is 2.00 bits per heavy atom. The van der Waals surface area contributed by atoms with Crippen LogP contribution in [0.2, 0.25) is 0 Å². The monoisotopic (exact) mass is 415 g/mol. The van der Waals surface area contributed by atoms with Crippen LogP contribution in [0.3, 0.4) is 0 Å². The van der Waals surface area contributed by atoms with Gasteiger partial charge in [-0.05, 0) is 42.2 Å². The molecule has 0 bridgehead atoms. The van der Waals surface area contributed by atoms with E-state index in [1.807, 2.05) is 49.4 Å². The first-order chi connectivity index (χ1) is 15.0. The summed E-state index contributed by atoms with van der Waals surface area (Å²) in [4.78, 5) is 13.4. The van der Waals surface area contributed by atoms with E-state index in [-0.39, 0.29) is 29.7 Å². The molecule has 1 aromatic heterocycles. The van der Waals surface area contributed by atoms with E-state index in [0.29, 0.717) is 23.5 Å². The van der Waals surface area contributed by atoms with Gasteiger partial charge in [0.25, 0.3) is 5.56 Å². The molecule has 7 nitrogen and oxygen atoms in total. The molecule has 0 fully saturated rings. The van der Waals surface area contributed by atoms with E-state index in [1.165, 1.54) is 0 Å². The van der Waals surface area contributed by atoms with Crippen LogP contribution in [0.5, 0.6) is 17.2 Å². The normalized spacial score (nSPS) is 17.8. The minimum atomic E-state index is -0.484. The SMILES string of the molecule is CC(Cc1ccc2c(c1)OCO2)C1C(C#N)=C(N)Oc2c1c(=O)n(C)c1ccccc21. The Labute approximate surface area is 178 Å². The minimum Gasteiger partial charge on any atom is -0.454 e. The van der Waals surface area contributed by atoms with E-state index in [1.54, 1.807) is 11.6 Å². The number of benzene rings is 2. The third kappa shape index (κ3) is 2.91. The molecule has 2 atom stereocenters. The van der Waals surface area contributed by atoms with Crippen molar-refractivity contribution >= 4 is 10.9 Å². The molecular weight excluding hydrogens is 394 g/mol. The summed E-state index contributed by atoms with van der Waals surface area (Å²) in [6.07, 6.45) is 0.620. The smallest absolute Gasteiger partial charge is 0.258 e. The zero-order valence-electron chi connectivity index (χ0n) is 17.2. The fraction of sp³-hybridized carbons (Fsp3) is 0.250. The number of nitrogens with two attached hydrogens (primary N) is 1. The summed E-state index contributed by atoms with van der Waals surface area (Å²) < 4.78 is 18.3. The zero-order chi connectivity index (χ0) is 21.7. The molecule has 0 spiro atoms. The number of aryl methyl sites for hydroxylation is 1. The number of hydrogen-bond donors (Lipinski definition) is 1. The summed E-state index contributed by atoms with van der Waals surface area (Å²) in [7, 11) is 1.73. The topological polar surface area (TPSA) is 99.5 Å². The van der Waals surface area contributed by atoms with Crippen molar-refractivity contribution in [3.8, 4) is 23.3 Å². The Hall–Kier alpha value is -3.92. The number of ether oxygens (including phenoxy) is 3. The first-order valence-corrected chi connectivity index (χ1v) is 10.1. The van der Waals surface area contributed by atoms with Crippen molar-refractivity contribution in [3.63, 3.8) is 0 Å². The fourth-order valence-electron chi connectivity index (χ4n) is 4.59. The lowest BCUT2D eigenvalue weighted by Gasteiger charge is -2.31. The van der Waals surface area contributed by atoms with Gasteiger partial charge in [-0.3, -0.25) is 4.79 Å². The van der Waals surface area contributed by atoms with E-state index in [9.17, 15) is 10.1 Å². The summed E-state index contributed by atoms with van der Waals surface area (Å²) >= 11 is 0. The molecule has 5 rings (SSSR count). The van der Waals surface area contributed by atoms with Crippen molar-refractivity contribution in [3.05, 3.63) is 75.4 Å². The number of nitriles is 1. The average Bonchev–Trinajstić information content (AvgIpc) is 3.24. The van der Waals surface area contributed by atoms with Crippen molar-refractivity contribution in [1.29, 1.82) is 5.26 Å². The number of allylic oxidation sites excluding steroid dienone is 1. The van der Waals surface area contributed by atoms with E-state index in [2.05, 4.69) is 6.07 Å². The van der Waals surface area contributed by atoms with E-state index in [0.717, 1.165) is 22.2 Å². The maximum Gasteiger partial charge on any atom is 0.258 e. The van der Waals surface area contributed by atoms with Gasteiger partial charge in [-0.15, -0.1) is 0 Å². The summed E-state index contributed by atoms with van der Waals surface area (Å²) in [5.41, 5.74) is 8.52. The number of para-hydroxylation sites is 1. The van der Waals surface area contributed by atoms with Crippen LogP contribution in [0.15, 0.2) is 58.7 Å². The average molecular weight is 415 g/mol. The molecule has 7 heteroatoms. The first kappa shape index (κ1) is 19.1. The predicted molar refractivity (Wildman–Crippen MR) is 115 cm³/mol. The van der Waals surface area contributed by atoms with Crippen LogP contribution in [0.25, 0.3) is 10.9 Å². The quantitative estimate of drug-likeness (QED) is 0.705. The number of hydrogen-bond acceptors (Lipinski definition) is 6. The van der Waals surface area contributed by atoms with Crippen LogP contribution in [0.1, 0.15) is 24.0 Å². The van der Waals surface area contributed by atoms with Crippen molar-refractivity contribution in [1.82, 2.24) is 4.57 Å². The lowest BCUT2D eigenvalue weighted by atomic mass is 9.77. The van der Waals surface area contributed by atoms with Gasteiger partial charge in [0.2, 0.25) is 12.7 Å². The van der Waals surface area contributed by atoms with E-state index >= 15 is 0 Å². The summed E-state index contributed by atoms with van der Waals surface area (Å²) in [5.74, 6) is 1.34. The lowest BCUT2D eigenvalue weighted by Crippen LogP contribution is -2.33. The Balaban J connectivity index is 1.64. The van der Waals surface area contributed by atoms with Crippen molar-refractivity contribution < 1.29 is 14.2 Å². The molecule has 31 heavy (non-hydrogen) atoms. The highest BCUT2D eigenvalue weighted by atomic mass is 16.7. The van der Waals surface area contributed by atoms with Gasteiger partial charge in [0, 0.05) is 18.4 Å². The number of nitrogens with zero attached hydrogens (tertiary/aromatic N) is 2. The van der Waals surface area contributed by atoms with Gasteiger partial charge in [0.05, 0.1) is 16.7 Å². The van der Waals surface area contributed by atoms with Crippen molar-refractivity contribution in [2.24, 2.45) is 18.7 Å². The van der Waals surface area contributed by atoms with Gasteiger partial charge in [-0.2, -0.15) is 5.26 Å². The molecule has 0 saturated heterocycles. The van der Waals surface area contributed by atoms with Crippen LogP contribution in [-0.2, 0) is 13.5 Å². The van der Waals surface area contributed by atoms with Gasteiger partial charge >= 0.3 is 0 Å². The van der Waals surface area contributed by atoms with Crippen LogP contribution >= 0.6 is 0 Å². The number of aromatic nitrogens is 1. The van der Waals surface area contributed by atoms with Crippen LogP contribution in [-0.4, -0.2) is 11.4 Å². The van der Waals surface area contributed by atoms with Gasteiger partial charge in [-0.1, -0.05) is 25.1 Å². The molecular formula is C24H21N3O4. The Morgan fingerprint density at radius 1 is 1.23 bits per heavy atom. The second-order valence-electron chi connectivity index (χ2n) is 7.96. The molecule has 3 heterocycles. The van der Waals surface area contributed by atoms with Crippen molar-refractivity contribution in [2.45, 2.75) is 19.3 Å². The van der Waals surface area contributed by atoms with E-state index in [4.69, 9.17) is 19.9 Å². The second kappa shape index (κ2) is 7.10. The zero-order valence-corrected chi connectivity index (χ0v) is 17.2. The highest BCUT2D eigenvalue weighted by molar-refractivity contribution is 5.87. The minimum absolute atomic E-state index is 0.0518. The molecule has 2 aliphatic rings. The molecule has 3 aromatic rings. The Bertz CT molecular complexity index is 1350. The second-order valence-corrected chi connectivity index (χ2v) is 7.96. The molecule has 2 aromatic carbocycles. The maximum atomic E-state index is 13.4. The summed E-state index contributed by atoms with van der Waals surface area (Å²) in [5, 5.41) is 10.7. The number of fused-ring (bicyclic) bond motifs is 4. The molecule has 0 saturated carbocycles.